The number of nitrogens with zero attached hydrogens (tertiary/aromatic N) is 1. The molecule has 0 saturated carbocycles. The van der Waals surface area contributed by atoms with Crippen LogP contribution in [0.3, 0.4) is 0 Å². The van der Waals surface area contributed by atoms with Gasteiger partial charge in [-0.25, -0.2) is 9.18 Å². The lowest BCUT2D eigenvalue weighted by Gasteiger charge is -2.44. The van der Waals surface area contributed by atoms with Gasteiger partial charge in [0.2, 0.25) is 0 Å². The zero-order valence-corrected chi connectivity index (χ0v) is 14.4. The second-order valence-electron chi connectivity index (χ2n) is 7.48. The molecule has 1 fully saturated rings. The number of hydrogen-bond donors (Lipinski definition) is 0. The Kier molecular flexibility index (Phi) is 4.63. The van der Waals surface area contributed by atoms with Gasteiger partial charge >= 0.3 is 6.09 Å². The fourth-order valence-electron chi connectivity index (χ4n) is 3.28. The molecule has 1 aromatic carbocycles. The SMILES string of the molecule is CC(C)(C)OC(=O)N1C2C=C(Cc3ccc(F)cc3)CC1COC2. The summed E-state index contributed by atoms with van der Waals surface area (Å²) in [7, 11) is 0. The van der Waals surface area contributed by atoms with Crippen molar-refractivity contribution in [2.24, 2.45) is 0 Å². The summed E-state index contributed by atoms with van der Waals surface area (Å²) in [5.41, 5.74) is 1.83. The molecule has 0 radical (unpaired) electrons. The molecule has 4 nitrogen and oxygen atoms in total. The highest BCUT2D eigenvalue weighted by molar-refractivity contribution is 5.70. The summed E-state index contributed by atoms with van der Waals surface area (Å²) in [4.78, 5) is 14.3. The van der Waals surface area contributed by atoms with Crippen LogP contribution in [-0.4, -0.2) is 41.9 Å². The van der Waals surface area contributed by atoms with Crippen molar-refractivity contribution < 1.29 is 18.7 Å². The first-order chi connectivity index (χ1) is 11.3. The maximum absolute atomic E-state index is 13.0. The quantitative estimate of drug-likeness (QED) is 0.775. The Balaban J connectivity index is 1.74. The van der Waals surface area contributed by atoms with Gasteiger partial charge in [0.15, 0.2) is 0 Å². The largest absolute Gasteiger partial charge is 0.444 e. The summed E-state index contributed by atoms with van der Waals surface area (Å²) in [6, 6.07) is 6.48. The van der Waals surface area contributed by atoms with Gasteiger partial charge in [-0.05, 0) is 51.3 Å². The monoisotopic (exact) mass is 333 g/mol. The molecule has 2 aliphatic heterocycles. The third kappa shape index (κ3) is 3.96. The number of amides is 1. The van der Waals surface area contributed by atoms with E-state index in [9.17, 15) is 9.18 Å². The molecule has 1 aromatic rings. The van der Waals surface area contributed by atoms with Gasteiger partial charge in [-0.15, -0.1) is 0 Å². The van der Waals surface area contributed by atoms with Crippen molar-refractivity contribution in [3.8, 4) is 0 Å². The zero-order chi connectivity index (χ0) is 17.3. The van der Waals surface area contributed by atoms with Crippen LogP contribution in [0.4, 0.5) is 9.18 Å². The molecule has 5 heteroatoms. The van der Waals surface area contributed by atoms with Crippen LogP contribution in [0.5, 0.6) is 0 Å². The predicted octanol–water partition coefficient (Wildman–Crippen LogP) is 3.70. The van der Waals surface area contributed by atoms with Crippen LogP contribution in [0.25, 0.3) is 0 Å². The molecule has 0 spiro atoms. The van der Waals surface area contributed by atoms with Gasteiger partial charge in [-0.1, -0.05) is 23.8 Å². The number of halogens is 1. The molecule has 24 heavy (non-hydrogen) atoms. The van der Waals surface area contributed by atoms with Gasteiger partial charge in [0.05, 0.1) is 25.3 Å². The molecular weight excluding hydrogens is 309 g/mol. The highest BCUT2D eigenvalue weighted by atomic mass is 19.1. The van der Waals surface area contributed by atoms with Crippen molar-refractivity contribution in [3.05, 3.63) is 47.3 Å². The van der Waals surface area contributed by atoms with Gasteiger partial charge in [0.25, 0.3) is 0 Å². The number of carbonyl (C=O) groups excluding carboxylic acids is 1. The van der Waals surface area contributed by atoms with E-state index in [4.69, 9.17) is 9.47 Å². The van der Waals surface area contributed by atoms with E-state index >= 15 is 0 Å². The molecule has 2 bridgehead atoms. The highest BCUT2D eigenvalue weighted by Crippen LogP contribution is 2.30. The van der Waals surface area contributed by atoms with Crippen molar-refractivity contribution in [3.63, 3.8) is 0 Å². The number of hydrogen-bond acceptors (Lipinski definition) is 3. The predicted molar refractivity (Wildman–Crippen MR) is 89.3 cm³/mol. The van der Waals surface area contributed by atoms with E-state index in [2.05, 4.69) is 6.08 Å². The van der Waals surface area contributed by atoms with Crippen molar-refractivity contribution in [1.29, 1.82) is 0 Å². The van der Waals surface area contributed by atoms with E-state index in [1.54, 1.807) is 0 Å². The molecule has 2 heterocycles. The van der Waals surface area contributed by atoms with Crippen LogP contribution in [-0.2, 0) is 15.9 Å². The second kappa shape index (κ2) is 6.55. The topological polar surface area (TPSA) is 38.8 Å². The van der Waals surface area contributed by atoms with Crippen LogP contribution in [0, 0.1) is 5.82 Å². The molecule has 3 rings (SSSR count). The van der Waals surface area contributed by atoms with E-state index in [-0.39, 0.29) is 24.0 Å². The van der Waals surface area contributed by atoms with E-state index in [0.717, 1.165) is 18.4 Å². The molecule has 2 atom stereocenters. The standard InChI is InChI=1S/C19H24FNO3/c1-19(2,3)24-18(22)21-16-9-14(10-17(21)12-23-11-16)8-13-4-6-15(20)7-5-13/h4-7,9,16-17H,8,10-12H2,1-3H3. The van der Waals surface area contributed by atoms with Crippen molar-refractivity contribution in [1.82, 2.24) is 4.90 Å². The summed E-state index contributed by atoms with van der Waals surface area (Å²) in [6.45, 7) is 6.63. The third-order valence-electron chi connectivity index (χ3n) is 4.22. The second-order valence-corrected chi connectivity index (χ2v) is 7.48. The van der Waals surface area contributed by atoms with Crippen LogP contribution < -0.4 is 0 Å². The molecule has 1 amide bonds. The van der Waals surface area contributed by atoms with E-state index in [1.165, 1.54) is 17.7 Å². The van der Waals surface area contributed by atoms with Crippen LogP contribution >= 0.6 is 0 Å². The molecule has 130 valence electrons. The van der Waals surface area contributed by atoms with E-state index < -0.39 is 5.60 Å². The molecule has 0 aliphatic carbocycles. The lowest BCUT2D eigenvalue weighted by atomic mass is 9.90. The lowest BCUT2D eigenvalue weighted by Crippen LogP contribution is -2.57. The normalized spacial score (nSPS) is 23.7. The number of rotatable bonds is 2. The first-order valence-electron chi connectivity index (χ1n) is 8.35. The van der Waals surface area contributed by atoms with Gasteiger partial charge < -0.3 is 9.47 Å². The minimum atomic E-state index is -0.510. The Hall–Kier alpha value is -1.88. The van der Waals surface area contributed by atoms with Crippen LogP contribution in [0.1, 0.15) is 32.8 Å². The molecule has 0 N–H and O–H groups in total. The van der Waals surface area contributed by atoms with E-state index in [0.29, 0.717) is 13.2 Å². The first kappa shape index (κ1) is 17.0. The highest BCUT2D eigenvalue weighted by Gasteiger charge is 2.39. The zero-order valence-electron chi connectivity index (χ0n) is 14.4. The van der Waals surface area contributed by atoms with Crippen molar-refractivity contribution in [2.45, 2.75) is 51.3 Å². The van der Waals surface area contributed by atoms with E-state index in [1.807, 2.05) is 37.8 Å². The Morgan fingerprint density at radius 2 is 2.00 bits per heavy atom. The molecule has 2 unspecified atom stereocenters. The molecular formula is C19H24FNO3. The van der Waals surface area contributed by atoms with Crippen molar-refractivity contribution >= 4 is 6.09 Å². The summed E-state index contributed by atoms with van der Waals surface area (Å²) < 4.78 is 24.2. The number of benzene rings is 1. The smallest absolute Gasteiger partial charge is 0.411 e. The number of morpholine rings is 1. The average molecular weight is 333 g/mol. The fraction of sp³-hybridized carbons (Fsp3) is 0.526. The van der Waals surface area contributed by atoms with Crippen LogP contribution in [0.15, 0.2) is 35.9 Å². The van der Waals surface area contributed by atoms with Gasteiger partial charge in [0, 0.05) is 0 Å². The fourth-order valence-corrected chi connectivity index (χ4v) is 3.28. The van der Waals surface area contributed by atoms with Gasteiger partial charge in [-0.3, -0.25) is 4.90 Å². The minimum Gasteiger partial charge on any atom is -0.444 e. The maximum atomic E-state index is 13.0. The first-order valence-corrected chi connectivity index (χ1v) is 8.35. The van der Waals surface area contributed by atoms with Crippen molar-refractivity contribution in [2.75, 3.05) is 13.2 Å². The summed E-state index contributed by atoms with van der Waals surface area (Å²) in [5, 5.41) is 0. The molecule has 1 saturated heterocycles. The Morgan fingerprint density at radius 3 is 2.62 bits per heavy atom. The Labute approximate surface area is 142 Å². The summed E-state index contributed by atoms with van der Waals surface area (Å²) >= 11 is 0. The number of fused-ring (bicyclic) bond motifs is 2. The summed E-state index contributed by atoms with van der Waals surface area (Å²) in [6.07, 6.45) is 3.35. The van der Waals surface area contributed by atoms with Gasteiger partial charge in [-0.2, -0.15) is 0 Å². The Bertz CT molecular complexity index is 633. The minimum absolute atomic E-state index is 0.000881. The lowest BCUT2D eigenvalue weighted by molar-refractivity contribution is -0.0536. The van der Waals surface area contributed by atoms with Gasteiger partial charge in [0.1, 0.15) is 11.4 Å². The molecule has 2 aliphatic rings. The maximum Gasteiger partial charge on any atom is 0.411 e. The summed E-state index contributed by atoms with van der Waals surface area (Å²) in [5.74, 6) is -0.224. The number of carbonyl (C=O) groups is 1. The third-order valence-corrected chi connectivity index (χ3v) is 4.22. The van der Waals surface area contributed by atoms with Crippen LogP contribution in [0.2, 0.25) is 0 Å². The number of ether oxygens (including phenoxy) is 2. The average Bonchev–Trinajstić information content (AvgIpc) is 2.47. The Morgan fingerprint density at radius 1 is 1.29 bits per heavy atom. The molecule has 0 aromatic heterocycles.